The van der Waals surface area contributed by atoms with Crippen molar-refractivity contribution in [1.29, 1.82) is 0 Å². The van der Waals surface area contributed by atoms with Gasteiger partial charge in [-0.2, -0.15) is 8.78 Å². The second kappa shape index (κ2) is 35.7. The van der Waals surface area contributed by atoms with E-state index in [1.54, 1.807) is 55.4 Å². The first-order valence-corrected chi connectivity index (χ1v) is 33.3. The average molecular weight is 1340 g/mol. The van der Waals surface area contributed by atoms with Gasteiger partial charge in [0.1, 0.15) is 18.8 Å². The molecule has 24 heteroatoms. The minimum absolute atomic E-state index is 0. The molecule has 95 heavy (non-hydrogen) atoms. The fourth-order valence-electron chi connectivity index (χ4n) is 9.04. The second-order valence-electron chi connectivity index (χ2n) is 20.3. The maximum absolute atomic E-state index is 15.4. The van der Waals surface area contributed by atoms with Gasteiger partial charge in [-0.3, -0.25) is 23.5 Å². The van der Waals surface area contributed by atoms with Crippen LogP contribution in [-0.4, -0.2) is 92.9 Å². The number of hydrogen-bond acceptors (Lipinski definition) is 16. The van der Waals surface area contributed by atoms with Crippen LogP contribution in [0.5, 0.6) is 0 Å². The molecule has 0 radical (unpaired) electrons. The number of hydrogen-bond donors (Lipinski definition) is 3. The first-order valence-electron chi connectivity index (χ1n) is 30.4. The molecule has 0 fully saturated rings. The summed E-state index contributed by atoms with van der Waals surface area (Å²) < 4.78 is 51.2. The number of benzene rings is 6. The Kier molecular flexibility index (Phi) is 26.5. The molecule has 6 aromatic heterocycles. The predicted octanol–water partition coefficient (Wildman–Crippen LogP) is 17.3. The SMILES string of the molecule is CC.CC.CC(Sc1nnc(-c2ccoc2)n1C(C)c1ccccc1)C(=O)Nc1ccccc1.CN(C)c1ccc(Cn2c(SCC(=O)Nc3ccccc3)nnc2-c2ccoc2)cc1.O=C(CSc1nnc(-c2ccoc2)n1C(F)(F)c1ccccc1)Nc1ccccc1.[HH].[HH].[HH]. The quantitative estimate of drug-likeness (QED) is 0.0537. The maximum Gasteiger partial charge on any atom is 0.359 e. The van der Waals surface area contributed by atoms with E-state index in [1.807, 2.05) is 150 Å². The molecule has 0 aliphatic carbocycles. The van der Waals surface area contributed by atoms with Crippen molar-refractivity contribution in [3.63, 3.8) is 0 Å². The van der Waals surface area contributed by atoms with E-state index in [-0.39, 0.29) is 61.3 Å². The molecule has 0 saturated heterocycles. The number of rotatable bonds is 22. The third-order valence-corrected chi connectivity index (χ3v) is 16.6. The Balaban J connectivity index is 0.000000255. The fourth-order valence-corrected chi connectivity index (χ4v) is 11.5. The van der Waals surface area contributed by atoms with Crippen LogP contribution in [-0.2, 0) is 27.0 Å². The van der Waals surface area contributed by atoms with Crippen LogP contribution in [0.1, 0.15) is 68.6 Å². The van der Waals surface area contributed by atoms with Crippen molar-refractivity contribution in [2.24, 2.45) is 0 Å². The molecule has 0 aliphatic heterocycles. The Hall–Kier alpha value is -10.3. The lowest BCUT2D eigenvalue weighted by atomic mass is 10.1. The molecule has 6 aromatic carbocycles. The largest absolute Gasteiger partial charge is 0.472 e. The maximum atomic E-state index is 15.4. The van der Waals surface area contributed by atoms with E-state index in [0.29, 0.717) is 39.8 Å². The number of aromatic nitrogens is 9. The van der Waals surface area contributed by atoms with E-state index in [9.17, 15) is 14.4 Å². The van der Waals surface area contributed by atoms with Gasteiger partial charge in [-0.25, -0.2) is 4.57 Å². The summed E-state index contributed by atoms with van der Waals surface area (Å²) in [5.74, 6) is 0.970. The van der Waals surface area contributed by atoms with Crippen molar-refractivity contribution >= 4 is 75.8 Å². The van der Waals surface area contributed by atoms with Gasteiger partial charge in [-0.1, -0.05) is 190 Å². The zero-order valence-corrected chi connectivity index (χ0v) is 56.1. The van der Waals surface area contributed by atoms with Gasteiger partial charge in [0.2, 0.25) is 17.7 Å². The summed E-state index contributed by atoms with van der Waals surface area (Å²) in [5, 5.41) is 34.8. The van der Waals surface area contributed by atoms with Crippen LogP contribution in [0.3, 0.4) is 0 Å². The van der Waals surface area contributed by atoms with Crippen LogP contribution < -0.4 is 20.9 Å². The van der Waals surface area contributed by atoms with E-state index >= 15 is 8.78 Å². The minimum Gasteiger partial charge on any atom is -0.472 e. The van der Waals surface area contributed by atoms with Crippen molar-refractivity contribution in [3.8, 4) is 34.2 Å². The van der Waals surface area contributed by atoms with Gasteiger partial charge in [0.05, 0.1) is 64.8 Å². The van der Waals surface area contributed by atoms with Gasteiger partial charge in [-0.15, -0.1) is 30.6 Å². The van der Waals surface area contributed by atoms with E-state index in [0.717, 1.165) is 55.6 Å². The standard InChI is InChI=1S/C23H23N5O2S.C23H22N4O2S.C21H16F2N4O2S.2C2H6.3H2/c1-27(2)20-10-8-17(9-11-20)14-28-22(18-12-13-30-15-18)25-26-23(28)31-16-21(29)24-19-6-4-3-5-7-19;1-16(18-9-5-3-6-10-18)27-21(19-13-14-29-15-19)25-26-23(27)30-17(2)22(28)24-20-11-7-4-8-12-20;22-21(23,16-7-3-1-4-8-16)27-19(15-11-12-29-13-15)25-26-20(27)30-14-18(28)24-17-9-5-2-6-10-17;2*1-2;;;/h3-13,15H,14,16H2,1-2H3,(H,24,29);3-17H,1-2H3,(H,24,28);1-13H,14H2,(H,24,28);2*1-2H3;3*1H. The third kappa shape index (κ3) is 19.4. The third-order valence-electron chi connectivity index (χ3n) is 13.7. The monoisotopic (exact) mass is 1340 g/mol. The lowest BCUT2D eigenvalue weighted by Gasteiger charge is -2.21. The smallest absolute Gasteiger partial charge is 0.359 e. The molecule has 0 aliphatic rings. The van der Waals surface area contributed by atoms with Gasteiger partial charge >= 0.3 is 6.05 Å². The number of amides is 3. The van der Waals surface area contributed by atoms with Gasteiger partial charge in [-0.05, 0) is 91.7 Å². The predicted molar refractivity (Wildman–Crippen MR) is 380 cm³/mol. The molecular formula is C71H79F2N13O6S3. The number of alkyl halides is 2. The van der Waals surface area contributed by atoms with E-state index in [1.165, 1.54) is 66.4 Å². The summed E-state index contributed by atoms with van der Waals surface area (Å²) in [6.07, 6.45) is 9.21. The highest BCUT2D eigenvalue weighted by molar-refractivity contribution is 8.00. The summed E-state index contributed by atoms with van der Waals surface area (Å²) in [5.41, 5.74) is 7.38. The Labute approximate surface area is 567 Å². The molecule has 3 N–H and O–H groups in total. The van der Waals surface area contributed by atoms with Gasteiger partial charge < -0.3 is 34.1 Å². The zero-order chi connectivity index (χ0) is 67.5. The van der Waals surface area contributed by atoms with Gasteiger partial charge in [0.15, 0.2) is 32.9 Å². The van der Waals surface area contributed by atoms with Crippen LogP contribution in [0, 0.1) is 0 Å². The highest BCUT2D eigenvalue weighted by Gasteiger charge is 2.40. The number of nitrogens with zero attached hydrogens (tertiary/aromatic N) is 10. The average Bonchev–Trinajstić information content (AvgIpc) is 1.57. The van der Waals surface area contributed by atoms with Crippen molar-refractivity contribution in [3.05, 3.63) is 248 Å². The van der Waals surface area contributed by atoms with Crippen LogP contribution in [0.4, 0.5) is 31.5 Å². The highest BCUT2D eigenvalue weighted by atomic mass is 32.2. The van der Waals surface area contributed by atoms with Crippen molar-refractivity contribution < 1.29 is 40.7 Å². The van der Waals surface area contributed by atoms with Crippen LogP contribution in [0.15, 0.2) is 260 Å². The molecule has 0 saturated carbocycles. The number of thioether (sulfide) groups is 3. The molecule has 0 bridgehead atoms. The lowest BCUT2D eigenvalue weighted by molar-refractivity contribution is -0.115. The number of nitrogens with one attached hydrogen (secondary N) is 3. The lowest BCUT2D eigenvalue weighted by Crippen LogP contribution is -2.26. The molecule has 12 rings (SSSR count). The van der Waals surface area contributed by atoms with E-state index in [4.69, 9.17) is 13.3 Å². The van der Waals surface area contributed by atoms with Crippen molar-refractivity contribution in [2.45, 2.75) is 80.9 Å². The number of furan rings is 3. The van der Waals surface area contributed by atoms with Gasteiger partial charge in [0, 0.05) is 46.7 Å². The number of anilines is 4. The summed E-state index contributed by atoms with van der Waals surface area (Å²) >= 11 is 3.62. The number of halogens is 2. The summed E-state index contributed by atoms with van der Waals surface area (Å²) in [4.78, 5) is 39.4. The van der Waals surface area contributed by atoms with Crippen LogP contribution in [0.25, 0.3) is 34.2 Å². The molecule has 6 heterocycles. The fraction of sp³-hybridized carbons (Fsp3) is 0.197. The molecule has 0 spiro atoms. The molecule has 12 aromatic rings. The highest BCUT2D eigenvalue weighted by Crippen LogP contribution is 2.39. The van der Waals surface area contributed by atoms with E-state index in [2.05, 4.69) is 99.3 Å². The topological polar surface area (TPSA) is 222 Å². The Bertz CT molecular complexity index is 4220. The molecule has 19 nitrogen and oxygen atoms in total. The number of para-hydroxylation sites is 3. The summed E-state index contributed by atoms with van der Waals surface area (Å²) in [6.45, 7) is 12.6. The summed E-state index contributed by atoms with van der Waals surface area (Å²) in [6, 6.07) is 55.4. The molecular weight excluding hydrogens is 1270 g/mol. The first-order chi connectivity index (χ1) is 46.3. The molecule has 496 valence electrons. The van der Waals surface area contributed by atoms with Gasteiger partial charge in [0.25, 0.3) is 0 Å². The normalized spacial score (nSPS) is 11.3. The minimum atomic E-state index is -3.43. The van der Waals surface area contributed by atoms with Crippen molar-refractivity contribution in [2.75, 3.05) is 46.5 Å². The van der Waals surface area contributed by atoms with Crippen molar-refractivity contribution in [1.82, 2.24) is 44.3 Å². The zero-order valence-electron chi connectivity index (χ0n) is 53.6. The Morgan fingerprint density at radius 1 is 0.516 bits per heavy atom. The molecule has 2 atom stereocenters. The number of carbonyl (C=O) groups excluding carboxylic acids is 3. The van der Waals surface area contributed by atoms with Crippen LogP contribution >= 0.6 is 35.3 Å². The second-order valence-corrected chi connectivity index (χ2v) is 23.5. The Morgan fingerprint density at radius 3 is 1.43 bits per heavy atom. The molecule has 2 unspecified atom stereocenters. The first kappa shape index (κ1) is 70.6. The Morgan fingerprint density at radius 2 is 0.937 bits per heavy atom. The van der Waals surface area contributed by atoms with E-state index < -0.39 is 6.05 Å². The summed E-state index contributed by atoms with van der Waals surface area (Å²) in [7, 11) is 4.03. The number of carbonyl (C=O) groups is 3. The van der Waals surface area contributed by atoms with Crippen LogP contribution in [0.2, 0.25) is 0 Å². The molecule has 3 amide bonds.